The van der Waals surface area contributed by atoms with E-state index in [0.717, 1.165) is 11.1 Å². The Hall–Kier alpha value is -1.64. The Bertz CT molecular complexity index is 475. The molecule has 0 amide bonds. The zero-order valence-electron chi connectivity index (χ0n) is 12.3. The Morgan fingerprint density at radius 3 is 2.37 bits per heavy atom. The van der Waals surface area contributed by atoms with E-state index in [-0.39, 0.29) is 5.78 Å². The lowest BCUT2D eigenvalue weighted by Gasteiger charge is -2.15. The third-order valence-corrected chi connectivity index (χ3v) is 3.40. The minimum Gasteiger partial charge on any atom is -0.468 e. The molecule has 0 saturated heterocycles. The van der Waals surface area contributed by atoms with Gasteiger partial charge in [-0.3, -0.25) is 9.59 Å². The van der Waals surface area contributed by atoms with Crippen molar-refractivity contribution in [1.29, 1.82) is 0 Å². The number of hydrogen-bond donors (Lipinski definition) is 0. The van der Waals surface area contributed by atoms with Crippen molar-refractivity contribution in [2.75, 3.05) is 7.11 Å². The van der Waals surface area contributed by atoms with Crippen LogP contribution in [0.1, 0.15) is 54.6 Å². The van der Waals surface area contributed by atoms with Gasteiger partial charge in [0.1, 0.15) is 5.92 Å². The number of carbonyl (C=O) groups excluding carboxylic acids is 2. The van der Waals surface area contributed by atoms with Crippen LogP contribution in [0.25, 0.3) is 0 Å². The summed E-state index contributed by atoms with van der Waals surface area (Å²) in [5.41, 5.74) is 2.63. The molecule has 1 aromatic rings. The molecule has 0 saturated carbocycles. The second-order valence-electron chi connectivity index (χ2n) is 5.08. The number of methoxy groups -OCH3 is 1. The molecule has 0 bridgehead atoms. The topological polar surface area (TPSA) is 43.4 Å². The Morgan fingerprint density at radius 1 is 1.26 bits per heavy atom. The van der Waals surface area contributed by atoms with Gasteiger partial charge in [-0.15, -0.1) is 0 Å². The summed E-state index contributed by atoms with van der Waals surface area (Å²) in [6.45, 7) is 7.87. The highest BCUT2D eigenvalue weighted by atomic mass is 16.5. The molecule has 1 rings (SSSR count). The van der Waals surface area contributed by atoms with Crippen LogP contribution in [0.5, 0.6) is 0 Å². The number of ether oxygens (including phenoxy) is 1. The summed E-state index contributed by atoms with van der Waals surface area (Å²) in [7, 11) is 1.32. The molecular weight excluding hydrogens is 240 g/mol. The highest BCUT2D eigenvalue weighted by Gasteiger charge is 2.27. The van der Waals surface area contributed by atoms with E-state index in [1.165, 1.54) is 7.11 Å². The molecule has 104 valence electrons. The fraction of sp³-hybridized carbons (Fsp3) is 0.500. The van der Waals surface area contributed by atoms with Crippen molar-refractivity contribution in [3.63, 3.8) is 0 Å². The second kappa shape index (κ2) is 6.50. The van der Waals surface area contributed by atoms with E-state index in [4.69, 9.17) is 4.74 Å². The first kappa shape index (κ1) is 15.4. The molecule has 1 unspecified atom stereocenters. The Labute approximate surface area is 115 Å². The van der Waals surface area contributed by atoms with Crippen molar-refractivity contribution in [2.45, 2.75) is 40.0 Å². The normalized spacial score (nSPS) is 12.3. The van der Waals surface area contributed by atoms with Gasteiger partial charge in [0.05, 0.1) is 7.11 Å². The Kier molecular flexibility index (Phi) is 5.28. The molecule has 0 aliphatic heterocycles. The van der Waals surface area contributed by atoms with E-state index in [2.05, 4.69) is 13.8 Å². The molecule has 3 nitrogen and oxygen atoms in total. The first-order valence-electron chi connectivity index (χ1n) is 6.64. The maximum atomic E-state index is 12.5. The minimum absolute atomic E-state index is 0.144. The molecule has 0 aromatic heterocycles. The number of benzene rings is 1. The lowest BCUT2D eigenvalue weighted by Crippen LogP contribution is -2.25. The predicted molar refractivity (Wildman–Crippen MR) is 75.4 cm³/mol. The summed E-state index contributed by atoms with van der Waals surface area (Å²) in [6, 6.07) is 5.86. The van der Waals surface area contributed by atoms with Crippen molar-refractivity contribution < 1.29 is 14.3 Å². The SMILES string of the molecule is CCC(C(=O)OC)C(=O)c1cc(C(C)C)ccc1C. The number of Topliss-reactive ketones (excluding diaryl/α,β-unsaturated/α-hetero) is 1. The summed E-state index contributed by atoms with van der Waals surface area (Å²) >= 11 is 0. The number of carbonyl (C=O) groups is 2. The van der Waals surface area contributed by atoms with Gasteiger partial charge < -0.3 is 4.74 Å². The van der Waals surface area contributed by atoms with E-state index in [0.29, 0.717) is 17.9 Å². The largest absolute Gasteiger partial charge is 0.468 e. The van der Waals surface area contributed by atoms with Gasteiger partial charge in [0.15, 0.2) is 5.78 Å². The van der Waals surface area contributed by atoms with Crippen LogP contribution in [-0.4, -0.2) is 18.9 Å². The molecule has 0 radical (unpaired) electrons. The van der Waals surface area contributed by atoms with Crippen molar-refractivity contribution >= 4 is 11.8 Å². The van der Waals surface area contributed by atoms with Gasteiger partial charge in [0, 0.05) is 5.56 Å². The smallest absolute Gasteiger partial charge is 0.316 e. The molecular formula is C16H22O3. The van der Waals surface area contributed by atoms with Gasteiger partial charge >= 0.3 is 5.97 Å². The van der Waals surface area contributed by atoms with Crippen LogP contribution in [0.2, 0.25) is 0 Å². The molecule has 19 heavy (non-hydrogen) atoms. The predicted octanol–water partition coefficient (Wildman–Crippen LogP) is 3.50. The van der Waals surface area contributed by atoms with E-state index < -0.39 is 11.9 Å². The van der Waals surface area contributed by atoms with Gasteiger partial charge in [-0.2, -0.15) is 0 Å². The van der Waals surface area contributed by atoms with Gasteiger partial charge in [-0.05, 0) is 36.5 Å². The van der Waals surface area contributed by atoms with Crippen LogP contribution in [0.3, 0.4) is 0 Å². The fourth-order valence-corrected chi connectivity index (χ4v) is 2.05. The summed E-state index contributed by atoms with van der Waals surface area (Å²) < 4.78 is 4.70. The van der Waals surface area contributed by atoms with Gasteiger partial charge in [0.25, 0.3) is 0 Å². The van der Waals surface area contributed by atoms with Gasteiger partial charge in [-0.1, -0.05) is 32.9 Å². The molecule has 0 N–H and O–H groups in total. The molecule has 0 fully saturated rings. The molecule has 0 heterocycles. The van der Waals surface area contributed by atoms with Crippen molar-refractivity contribution in [1.82, 2.24) is 0 Å². The fourth-order valence-electron chi connectivity index (χ4n) is 2.05. The third-order valence-electron chi connectivity index (χ3n) is 3.40. The van der Waals surface area contributed by atoms with Crippen LogP contribution in [0, 0.1) is 12.8 Å². The minimum atomic E-state index is -0.703. The summed E-state index contributed by atoms with van der Waals surface area (Å²) in [6.07, 6.45) is 0.455. The average molecular weight is 262 g/mol. The molecule has 1 aromatic carbocycles. The van der Waals surface area contributed by atoms with Gasteiger partial charge in [-0.25, -0.2) is 0 Å². The van der Waals surface area contributed by atoms with Crippen molar-refractivity contribution in [3.05, 3.63) is 34.9 Å². The zero-order valence-corrected chi connectivity index (χ0v) is 12.3. The van der Waals surface area contributed by atoms with E-state index in [1.54, 1.807) is 0 Å². The van der Waals surface area contributed by atoms with Crippen LogP contribution < -0.4 is 0 Å². The van der Waals surface area contributed by atoms with Crippen molar-refractivity contribution in [3.8, 4) is 0 Å². The second-order valence-corrected chi connectivity index (χ2v) is 5.08. The lowest BCUT2D eigenvalue weighted by molar-refractivity contribution is -0.143. The quantitative estimate of drug-likeness (QED) is 0.463. The van der Waals surface area contributed by atoms with Crippen LogP contribution in [-0.2, 0) is 9.53 Å². The lowest BCUT2D eigenvalue weighted by atomic mass is 9.89. The summed E-state index contributed by atoms with van der Waals surface area (Å²) in [4.78, 5) is 24.1. The maximum absolute atomic E-state index is 12.5. The number of rotatable bonds is 5. The van der Waals surface area contributed by atoms with Crippen LogP contribution in [0.15, 0.2) is 18.2 Å². The van der Waals surface area contributed by atoms with Crippen LogP contribution >= 0.6 is 0 Å². The number of ketones is 1. The van der Waals surface area contributed by atoms with E-state index >= 15 is 0 Å². The third kappa shape index (κ3) is 3.43. The molecule has 3 heteroatoms. The Morgan fingerprint density at radius 2 is 1.89 bits per heavy atom. The highest BCUT2D eigenvalue weighted by Crippen LogP contribution is 2.22. The molecule has 0 spiro atoms. The van der Waals surface area contributed by atoms with Crippen LogP contribution in [0.4, 0.5) is 0 Å². The monoisotopic (exact) mass is 262 g/mol. The van der Waals surface area contributed by atoms with E-state index in [1.807, 2.05) is 32.0 Å². The average Bonchev–Trinajstić information content (AvgIpc) is 2.39. The summed E-state index contributed by atoms with van der Waals surface area (Å²) in [5, 5.41) is 0. The first-order chi connectivity index (χ1) is 8.92. The molecule has 0 aliphatic rings. The number of hydrogen-bond acceptors (Lipinski definition) is 3. The van der Waals surface area contributed by atoms with Gasteiger partial charge in [0.2, 0.25) is 0 Å². The highest BCUT2D eigenvalue weighted by molar-refractivity contribution is 6.09. The van der Waals surface area contributed by atoms with E-state index in [9.17, 15) is 9.59 Å². The first-order valence-corrected chi connectivity index (χ1v) is 6.64. The molecule has 1 atom stereocenters. The number of aryl methyl sites for hydroxylation is 1. The standard InChI is InChI=1S/C16H22O3/c1-6-13(16(18)19-5)15(17)14-9-12(10(2)3)8-7-11(14)4/h7-10,13H,6H2,1-5H3. The molecule has 0 aliphatic carbocycles. The zero-order chi connectivity index (χ0) is 14.6. The summed E-state index contributed by atoms with van der Waals surface area (Å²) in [5.74, 6) is -0.951. The maximum Gasteiger partial charge on any atom is 0.316 e. The van der Waals surface area contributed by atoms with Crippen molar-refractivity contribution in [2.24, 2.45) is 5.92 Å². The Balaban J connectivity index is 3.17. The number of esters is 1.